The fourth-order valence-corrected chi connectivity index (χ4v) is 3.28. The van der Waals surface area contributed by atoms with Crippen LogP contribution >= 0.6 is 0 Å². The van der Waals surface area contributed by atoms with Gasteiger partial charge in [0.25, 0.3) is 5.91 Å². The summed E-state index contributed by atoms with van der Waals surface area (Å²) < 4.78 is 1.70. The van der Waals surface area contributed by atoms with Gasteiger partial charge < -0.3 is 15.3 Å². The van der Waals surface area contributed by atoms with Gasteiger partial charge >= 0.3 is 5.97 Å². The van der Waals surface area contributed by atoms with Gasteiger partial charge in [-0.15, -0.1) is 0 Å². The molecule has 0 aliphatic carbocycles. The first kappa shape index (κ1) is 17.7. The molecule has 1 aromatic heterocycles. The molecule has 0 unspecified atom stereocenters. The molecule has 1 aliphatic rings. The maximum Gasteiger partial charge on any atom is 0.335 e. The van der Waals surface area contributed by atoms with Crippen LogP contribution in [0.4, 0.5) is 0 Å². The van der Waals surface area contributed by atoms with Crippen LogP contribution in [0.3, 0.4) is 0 Å². The summed E-state index contributed by atoms with van der Waals surface area (Å²) in [6.07, 6.45) is 2.54. The Bertz CT molecular complexity index is 843. The van der Waals surface area contributed by atoms with E-state index in [0.717, 1.165) is 5.69 Å². The molecular weight excluding hydrogens is 336 g/mol. The Morgan fingerprint density at radius 1 is 1.15 bits per heavy atom. The highest BCUT2D eigenvalue weighted by Gasteiger charge is 2.37. The summed E-state index contributed by atoms with van der Waals surface area (Å²) in [6.45, 7) is 0. The van der Waals surface area contributed by atoms with Crippen molar-refractivity contribution in [2.75, 3.05) is 7.05 Å². The minimum atomic E-state index is -1.04. The molecule has 136 valence electrons. The van der Waals surface area contributed by atoms with E-state index >= 15 is 0 Å². The van der Waals surface area contributed by atoms with E-state index < -0.39 is 5.97 Å². The molecule has 0 radical (unpaired) electrons. The molecule has 26 heavy (non-hydrogen) atoms. The van der Waals surface area contributed by atoms with Gasteiger partial charge in [-0.1, -0.05) is 0 Å². The fourth-order valence-electron chi connectivity index (χ4n) is 3.28. The standard InChI is InChI=1S/C18H20N4O4/c1-21-15(23)8-7-13(16(21)14-9-10-19-22(14)2)20-17(24)11-3-5-12(6-4-11)18(25)26/h3-6,9-10,13,16H,7-8H2,1-2H3,(H,20,24)(H,25,26)/t13-,16-/m1/s1. The zero-order valence-electron chi connectivity index (χ0n) is 14.5. The normalized spacial score (nSPS) is 20.1. The minimum absolute atomic E-state index is 0.0208. The SMILES string of the molecule is CN1C(=O)CC[C@@H](NC(=O)c2ccc(C(=O)O)cc2)[C@@H]1c1ccnn1C. The van der Waals surface area contributed by atoms with Crippen molar-refractivity contribution in [1.29, 1.82) is 0 Å². The van der Waals surface area contributed by atoms with Gasteiger partial charge in [-0.05, 0) is 36.8 Å². The number of hydrogen-bond acceptors (Lipinski definition) is 4. The van der Waals surface area contributed by atoms with Gasteiger partial charge in [-0.2, -0.15) is 5.10 Å². The van der Waals surface area contributed by atoms with Crippen molar-refractivity contribution < 1.29 is 19.5 Å². The molecule has 2 amide bonds. The van der Waals surface area contributed by atoms with Crippen LogP contribution < -0.4 is 5.32 Å². The quantitative estimate of drug-likeness (QED) is 0.857. The van der Waals surface area contributed by atoms with Crippen molar-refractivity contribution in [3.05, 3.63) is 53.3 Å². The highest BCUT2D eigenvalue weighted by Crippen LogP contribution is 2.30. The number of likely N-dealkylation sites (tertiary alicyclic amines) is 1. The van der Waals surface area contributed by atoms with Gasteiger partial charge in [0, 0.05) is 32.3 Å². The molecule has 1 saturated heterocycles. The maximum atomic E-state index is 12.6. The highest BCUT2D eigenvalue weighted by molar-refractivity contribution is 5.96. The number of aromatic carboxylic acids is 1. The molecule has 8 nitrogen and oxygen atoms in total. The number of likely N-dealkylation sites (N-methyl/N-ethyl adjacent to an activating group) is 1. The molecule has 8 heteroatoms. The number of benzene rings is 1. The third-order valence-corrected chi connectivity index (χ3v) is 4.73. The molecule has 2 N–H and O–H groups in total. The number of nitrogens with one attached hydrogen (secondary N) is 1. The van der Waals surface area contributed by atoms with E-state index in [0.29, 0.717) is 18.4 Å². The minimum Gasteiger partial charge on any atom is -0.478 e. The Kier molecular flexibility index (Phi) is 4.75. The average molecular weight is 356 g/mol. The summed E-state index contributed by atoms with van der Waals surface area (Å²) >= 11 is 0. The van der Waals surface area contributed by atoms with Crippen molar-refractivity contribution in [1.82, 2.24) is 20.0 Å². The monoisotopic (exact) mass is 356 g/mol. The summed E-state index contributed by atoms with van der Waals surface area (Å²) in [5, 5.41) is 16.1. The van der Waals surface area contributed by atoms with E-state index in [1.54, 1.807) is 29.9 Å². The number of nitrogens with zero attached hydrogens (tertiary/aromatic N) is 3. The number of hydrogen-bond donors (Lipinski definition) is 2. The Hall–Kier alpha value is -3.16. The van der Waals surface area contributed by atoms with Crippen LogP contribution in [0.2, 0.25) is 0 Å². The van der Waals surface area contributed by atoms with E-state index in [-0.39, 0.29) is 29.5 Å². The summed E-state index contributed by atoms with van der Waals surface area (Å²) in [4.78, 5) is 37.3. The van der Waals surface area contributed by atoms with Crippen LogP contribution in [-0.2, 0) is 11.8 Å². The molecule has 1 aliphatic heterocycles. The first-order chi connectivity index (χ1) is 12.4. The van der Waals surface area contributed by atoms with E-state index in [4.69, 9.17) is 5.11 Å². The number of aryl methyl sites for hydroxylation is 1. The van der Waals surface area contributed by atoms with Crippen LogP contribution in [-0.4, -0.2) is 50.7 Å². The van der Waals surface area contributed by atoms with E-state index in [1.165, 1.54) is 24.3 Å². The summed E-state index contributed by atoms with van der Waals surface area (Å²) in [6, 6.07) is 7.01. The molecule has 1 fully saturated rings. The molecule has 3 rings (SSSR count). The topological polar surface area (TPSA) is 105 Å². The van der Waals surface area contributed by atoms with Gasteiger partial charge in [-0.25, -0.2) is 4.79 Å². The summed E-state index contributed by atoms with van der Waals surface area (Å²) in [7, 11) is 3.52. The first-order valence-corrected chi connectivity index (χ1v) is 8.26. The third kappa shape index (κ3) is 3.30. The second kappa shape index (κ2) is 6.99. The van der Waals surface area contributed by atoms with Gasteiger partial charge in [0.15, 0.2) is 0 Å². The summed E-state index contributed by atoms with van der Waals surface area (Å²) in [5.74, 6) is -1.32. The second-order valence-electron chi connectivity index (χ2n) is 6.33. The van der Waals surface area contributed by atoms with Crippen LogP contribution in [0.15, 0.2) is 36.5 Å². The molecule has 2 aromatic rings. The van der Waals surface area contributed by atoms with Crippen LogP contribution in [0.25, 0.3) is 0 Å². The summed E-state index contributed by atoms with van der Waals surface area (Å²) in [5.41, 5.74) is 1.34. The molecular formula is C18H20N4O4. The molecule has 0 spiro atoms. The van der Waals surface area contributed by atoms with Crippen molar-refractivity contribution in [3.8, 4) is 0 Å². The number of carboxylic acid groups (broad SMARTS) is 1. The lowest BCUT2D eigenvalue weighted by Crippen LogP contribution is -2.51. The molecule has 2 atom stereocenters. The zero-order chi connectivity index (χ0) is 18.8. The predicted octanol–water partition coefficient (Wildman–Crippen LogP) is 1.21. The Balaban J connectivity index is 1.82. The maximum absolute atomic E-state index is 12.6. The van der Waals surface area contributed by atoms with Crippen molar-refractivity contribution >= 4 is 17.8 Å². The lowest BCUT2D eigenvalue weighted by Gasteiger charge is -2.39. The van der Waals surface area contributed by atoms with Crippen LogP contribution in [0.5, 0.6) is 0 Å². The van der Waals surface area contributed by atoms with E-state index in [9.17, 15) is 14.4 Å². The van der Waals surface area contributed by atoms with E-state index in [2.05, 4.69) is 10.4 Å². The number of rotatable bonds is 4. The number of aromatic nitrogens is 2. The van der Waals surface area contributed by atoms with Gasteiger partial charge in [0.1, 0.15) is 0 Å². The number of amides is 2. The van der Waals surface area contributed by atoms with Crippen LogP contribution in [0.1, 0.15) is 45.3 Å². The van der Waals surface area contributed by atoms with Gasteiger partial charge in [-0.3, -0.25) is 14.3 Å². The lowest BCUT2D eigenvalue weighted by atomic mass is 9.93. The van der Waals surface area contributed by atoms with Gasteiger partial charge in [0.2, 0.25) is 5.91 Å². The number of carbonyl (C=O) groups is 3. The highest BCUT2D eigenvalue weighted by atomic mass is 16.4. The third-order valence-electron chi connectivity index (χ3n) is 4.73. The first-order valence-electron chi connectivity index (χ1n) is 8.26. The second-order valence-corrected chi connectivity index (χ2v) is 6.33. The van der Waals surface area contributed by atoms with E-state index in [1.807, 2.05) is 6.07 Å². The lowest BCUT2D eigenvalue weighted by molar-refractivity contribution is -0.136. The Morgan fingerprint density at radius 3 is 2.38 bits per heavy atom. The largest absolute Gasteiger partial charge is 0.478 e. The van der Waals surface area contributed by atoms with Crippen molar-refractivity contribution in [2.45, 2.75) is 24.9 Å². The molecule has 0 saturated carbocycles. The van der Waals surface area contributed by atoms with Crippen LogP contribution in [0, 0.1) is 0 Å². The fraction of sp³-hybridized carbons (Fsp3) is 0.333. The van der Waals surface area contributed by atoms with Gasteiger partial charge in [0.05, 0.1) is 23.3 Å². The average Bonchev–Trinajstić information content (AvgIpc) is 3.04. The number of carboxylic acids is 1. The van der Waals surface area contributed by atoms with Crippen molar-refractivity contribution in [3.63, 3.8) is 0 Å². The Labute approximate surface area is 150 Å². The smallest absolute Gasteiger partial charge is 0.335 e. The molecule has 1 aromatic carbocycles. The predicted molar refractivity (Wildman–Crippen MR) is 92.6 cm³/mol. The Morgan fingerprint density at radius 2 is 1.81 bits per heavy atom. The molecule has 0 bridgehead atoms. The zero-order valence-corrected chi connectivity index (χ0v) is 14.5. The number of carbonyl (C=O) groups excluding carboxylic acids is 2. The number of piperidine rings is 1. The molecule has 2 heterocycles. The van der Waals surface area contributed by atoms with Crippen molar-refractivity contribution in [2.24, 2.45) is 7.05 Å².